The molecule has 0 saturated heterocycles. The van der Waals surface area contributed by atoms with Crippen molar-refractivity contribution in [2.75, 3.05) is 18.7 Å². The van der Waals surface area contributed by atoms with Crippen molar-refractivity contribution in [2.45, 2.75) is 6.04 Å². The van der Waals surface area contributed by atoms with E-state index < -0.39 is 22.6 Å². The van der Waals surface area contributed by atoms with E-state index in [1.165, 1.54) is 0 Å². The zero-order valence-corrected chi connectivity index (χ0v) is 5.99. The van der Waals surface area contributed by atoms with Crippen LogP contribution in [0.25, 0.3) is 0 Å². The van der Waals surface area contributed by atoms with Gasteiger partial charge in [-0.15, -0.1) is 0 Å². The molecular formula is C4H10FNO2S. The zero-order valence-electron chi connectivity index (χ0n) is 5.17. The van der Waals surface area contributed by atoms with Crippen molar-refractivity contribution in [1.29, 1.82) is 0 Å². The van der Waals surface area contributed by atoms with Gasteiger partial charge in [-0.2, -0.15) is 0 Å². The van der Waals surface area contributed by atoms with E-state index in [-0.39, 0.29) is 5.75 Å². The van der Waals surface area contributed by atoms with Crippen LogP contribution < -0.4 is 5.73 Å². The van der Waals surface area contributed by atoms with Crippen molar-refractivity contribution in [3.8, 4) is 0 Å². The summed E-state index contributed by atoms with van der Waals surface area (Å²) in [5, 5.41) is 0. The zero-order chi connectivity index (χ0) is 7.49. The lowest BCUT2D eigenvalue weighted by atomic mass is 10.4. The first-order valence-electron chi connectivity index (χ1n) is 2.45. The normalized spacial score (nSPS) is 15.4. The molecule has 0 heterocycles. The van der Waals surface area contributed by atoms with Crippen molar-refractivity contribution in [3.63, 3.8) is 0 Å². The maximum absolute atomic E-state index is 11.5. The molecule has 0 bridgehead atoms. The molecule has 9 heavy (non-hydrogen) atoms. The molecule has 1 unspecified atom stereocenters. The van der Waals surface area contributed by atoms with Gasteiger partial charge in [0.1, 0.15) is 16.5 Å². The molecule has 0 aliphatic rings. The number of hydrogen-bond donors (Lipinski definition) is 1. The lowest BCUT2D eigenvalue weighted by Gasteiger charge is -2.02. The topological polar surface area (TPSA) is 60.2 Å². The van der Waals surface area contributed by atoms with Crippen LogP contribution in [0.15, 0.2) is 0 Å². The summed E-state index contributed by atoms with van der Waals surface area (Å²) >= 11 is 0. The SMILES string of the molecule is CS(=O)(=O)CC(N)CF. The Kier molecular flexibility index (Phi) is 3.07. The molecule has 0 aliphatic carbocycles. The number of alkyl halides is 1. The maximum Gasteiger partial charge on any atom is 0.149 e. The minimum absolute atomic E-state index is 0.274. The van der Waals surface area contributed by atoms with Gasteiger partial charge in [-0.05, 0) is 0 Å². The van der Waals surface area contributed by atoms with Crippen LogP contribution in [0.4, 0.5) is 4.39 Å². The molecule has 0 aromatic heterocycles. The first-order chi connectivity index (χ1) is 3.95. The average molecular weight is 155 g/mol. The molecule has 0 amide bonds. The van der Waals surface area contributed by atoms with Gasteiger partial charge in [-0.3, -0.25) is 0 Å². The summed E-state index contributed by atoms with van der Waals surface area (Å²) in [6, 6.07) is -0.861. The Morgan fingerprint density at radius 2 is 2.11 bits per heavy atom. The quantitative estimate of drug-likeness (QED) is 0.588. The Hall–Kier alpha value is -0.160. The van der Waals surface area contributed by atoms with Gasteiger partial charge in [0.25, 0.3) is 0 Å². The summed E-state index contributed by atoms with van der Waals surface area (Å²) in [6.45, 7) is -0.785. The Balaban J connectivity index is 3.75. The van der Waals surface area contributed by atoms with Gasteiger partial charge in [0.05, 0.1) is 5.75 Å². The summed E-state index contributed by atoms with van der Waals surface area (Å²) in [7, 11) is -3.10. The Morgan fingerprint density at radius 3 is 2.22 bits per heavy atom. The molecule has 1 atom stereocenters. The third-order valence-electron chi connectivity index (χ3n) is 0.715. The summed E-state index contributed by atoms with van der Waals surface area (Å²) in [6.07, 6.45) is 1.03. The second kappa shape index (κ2) is 3.12. The van der Waals surface area contributed by atoms with Crippen LogP contribution in [0.2, 0.25) is 0 Å². The van der Waals surface area contributed by atoms with E-state index in [0.29, 0.717) is 0 Å². The highest BCUT2D eigenvalue weighted by atomic mass is 32.2. The largest absolute Gasteiger partial charge is 0.325 e. The maximum atomic E-state index is 11.5. The van der Waals surface area contributed by atoms with E-state index in [1.54, 1.807) is 0 Å². The lowest BCUT2D eigenvalue weighted by Crippen LogP contribution is -2.30. The van der Waals surface area contributed by atoms with E-state index in [4.69, 9.17) is 5.73 Å². The van der Waals surface area contributed by atoms with Crippen molar-refractivity contribution >= 4 is 9.84 Å². The van der Waals surface area contributed by atoms with E-state index in [0.717, 1.165) is 6.26 Å². The van der Waals surface area contributed by atoms with Crippen LogP contribution >= 0.6 is 0 Å². The highest BCUT2D eigenvalue weighted by molar-refractivity contribution is 7.90. The minimum Gasteiger partial charge on any atom is -0.325 e. The van der Waals surface area contributed by atoms with Gasteiger partial charge in [0.15, 0.2) is 0 Å². The Morgan fingerprint density at radius 1 is 1.67 bits per heavy atom. The van der Waals surface area contributed by atoms with Gasteiger partial charge in [0, 0.05) is 12.3 Å². The Bertz CT molecular complexity index is 165. The monoisotopic (exact) mass is 155 g/mol. The van der Waals surface area contributed by atoms with Crippen molar-refractivity contribution in [2.24, 2.45) is 5.73 Å². The van der Waals surface area contributed by atoms with Gasteiger partial charge in [-0.1, -0.05) is 0 Å². The average Bonchev–Trinajstić information content (AvgIpc) is 1.62. The Labute approximate surface area is 54.0 Å². The fourth-order valence-electron chi connectivity index (χ4n) is 0.433. The number of nitrogens with two attached hydrogens (primary N) is 1. The molecule has 0 radical (unpaired) electrons. The first-order valence-corrected chi connectivity index (χ1v) is 4.51. The summed E-state index contributed by atoms with van der Waals surface area (Å²) < 4.78 is 32.2. The standard InChI is InChI=1S/C4H10FNO2S/c1-9(7,8)3-4(6)2-5/h4H,2-3,6H2,1H3. The van der Waals surface area contributed by atoms with Crippen LogP contribution in [0, 0.1) is 0 Å². The molecule has 2 N–H and O–H groups in total. The van der Waals surface area contributed by atoms with E-state index >= 15 is 0 Å². The lowest BCUT2D eigenvalue weighted by molar-refractivity contribution is 0.444. The van der Waals surface area contributed by atoms with E-state index in [2.05, 4.69) is 0 Å². The molecule has 5 heteroatoms. The van der Waals surface area contributed by atoms with Gasteiger partial charge < -0.3 is 5.73 Å². The molecule has 0 aromatic rings. The predicted molar refractivity (Wildman–Crippen MR) is 33.7 cm³/mol. The van der Waals surface area contributed by atoms with Crippen LogP contribution in [0.3, 0.4) is 0 Å². The molecule has 0 aromatic carbocycles. The van der Waals surface area contributed by atoms with Gasteiger partial charge in [-0.25, -0.2) is 12.8 Å². The van der Waals surface area contributed by atoms with Crippen LogP contribution in [-0.2, 0) is 9.84 Å². The predicted octanol–water partition coefficient (Wildman–Crippen LogP) is -0.672. The second-order valence-electron chi connectivity index (χ2n) is 2.01. The molecule has 0 saturated carbocycles. The van der Waals surface area contributed by atoms with E-state index in [9.17, 15) is 12.8 Å². The summed E-state index contributed by atoms with van der Waals surface area (Å²) in [5.74, 6) is -0.274. The number of halogens is 1. The molecule has 0 aliphatic heterocycles. The number of sulfone groups is 1. The van der Waals surface area contributed by atoms with Gasteiger partial charge in [0.2, 0.25) is 0 Å². The first kappa shape index (κ1) is 8.84. The molecule has 56 valence electrons. The summed E-state index contributed by atoms with van der Waals surface area (Å²) in [5.41, 5.74) is 5.00. The van der Waals surface area contributed by atoms with E-state index in [1.807, 2.05) is 0 Å². The molecule has 0 fully saturated rings. The van der Waals surface area contributed by atoms with Crippen LogP contribution in [-0.4, -0.2) is 33.1 Å². The molecule has 0 spiro atoms. The third-order valence-corrected chi connectivity index (χ3v) is 1.75. The van der Waals surface area contributed by atoms with Crippen molar-refractivity contribution < 1.29 is 12.8 Å². The smallest absolute Gasteiger partial charge is 0.149 e. The molecular weight excluding hydrogens is 145 g/mol. The highest BCUT2D eigenvalue weighted by Crippen LogP contribution is 1.87. The van der Waals surface area contributed by atoms with Gasteiger partial charge >= 0.3 is 0 Å². The van der Waals surface area contributed by atoms with Crippen molar-refractivity contribution in [1.82, 2.24) is 0 Å². The fraction of sp³-hybridized carbons (Fsp3) is 1.00. The summed E-state index contributed by atoms with van der Waals surface area (Å²) in [4.78, 5) is 0. The molecule has 0 rings (SSSR count). The second-order valence-corrected chi connectivity index (χ2v) is 4.19. The number of rotatable bonds is 3. The number of hydrogen-bond acceptors (Lipinski definition) is 3. The van der Waals surface area contributed by atoms with Crippen LogP contribution in [0.1, 0.15) is 0 Å². The van der Waals surface area contributed by atoms with Crippen molar-refractivity contribution in [3.05, 3.63) is 0 Å². The fourth-order valence-corrected chi connectivity index (χ4v) is 1.30. The van der Waals surface area contributed by atoms with Crippen LogP contribution in [0.5, 0.6) is 0 Å². The molecule has 3 nitrogen and oxygen atoms in total. The highest BCUT2D eigenvalue weighted by Gasteiger charge is 2.09. The minimum atomic E-state index is -3.10. The third kappa shape index (κ3) is 5.72.